The lowest BCUT2D eigenvalue weighted by Crippen LogP contribution is -1.65. The Kier molecular flexibility index (Phi) is 3.85. The van der Waals surface area contributed by atoms with Crippen molar-refractivity contribution in [2.45, 2.75) is 13.8 Å². The summed E-state index contributed by atoms with van der Waals surface area (Å²) in [6.07, 6.45) is 5.50. The monoisotopic (exact) mass is 109 g/mol. The largest absolute Gasteiger partial charge is 0.262 e. The number of nitrogens with zero attached hydrogens (tertiary/aromatic N) is 1. The van der Waals surface area contributed by atoms with E-state index in [0.29, 0.717) is 0 Å². The molecular weight excluding hydrogens is 98.1 g/mol. The Morgan fingerprint density at radius 3 is 2.50 bits per heavy atom. The molecule has 44 valence electrons. The zero-order valence-corrected chi connectivity index (χ0v) is 5.39. The zero-order chi connectivity index (χ0) is 6.41. The highest BCUT2D eigenvalue weighted by atomic mass is 14.7. The van der Waals surface area contributed by atoms with Crippen molar-refractivity contribution in [1.82, 2.24) is 0 Å². The molecule has 8 heavy (non-hydrogen) atoms. The molecule has 0 aromatic carbocycles. The molecule has 0 fully saturated rings. The van der Waals surface area contributed by atoms with E-state index in [4.69, 9.17) is 0 Å². The predicted molar refractivity (Wildman–Crippen MR) is 38.1 cm³/mol. The maximum atomic E-state index is 3.91. The van der Waals surface area contributed by atoms with Crippen LogP contribution in [-0.2, 0) is 0 Å². The standard InChI is InChI=1S/C7H11N/c1-4-6-7(3)8-5-2/h4-6H,3H2,1-2H3/b6-4-,8-5?. The second kappa shape index (κ2) is 4.31. The fourth-order valence-corrected chi connectivity index (χ4v) is 0.401. The van der Waals surface area contributed by atoms with E-state index < -0.39 is 0 Å². The topological polar surface area (TPSA) is 12.4 Å². The van der Waals surface area contributed by atoms with Crippen LogP contribution in [0.4, 0.5) is 0 Å². The molecule has 0 unspecified atom stereocenters. The molecule has 0 spiro atoms. The summed E-state index contributed by atoms with van der Waals surface area (Å²) in [5.41, 5.74) is 0.801. The fraction of sp³-hybridized carbons (Fsp3) is 0.286. The van der Waals surface area contributed by atoms with Gasteiger partial charge in [-0.2, -0.15) is 0 Å². The molecule has 0 aliphatic carbocycles. The summed E-state index contributed by atoms with van der Waals surface area (Å²) < 4.78 is 0. The van der Waals surface area contributed by atoms with Crippen LogP contribution in [0.5, 0.6) is 0 Å². The average molecular weight is 109 g/mol. The Balaban J connectivity index is 3.66. The average Bonchev–Trinajstić information content (AvgIpc) is 1.68. The minimum Gasteiger partial charge on any atom is -0.262 e. The van der Waals surface area contributed by atoms with Crippen LogP contribution in [0, 0.1) is 0 Å². The molecule has 0 saturated heterocycles. The quantitative estimate of drug-likeness (QED) is 0.380. The smallest absolute Gasteiger partial charge is 0.0550 e. The van der Waals surface area contributed by atoms with E-state index in [9.17, 15) is 0 Å². The third-order valence-electron chi connectivity index (χ3n) is 0.654. The fourth-order valence-electron chi connectivity index (χ4n) is 0.401. The van der Waals surface area contributed by atoms with Crippen LogP contribution in [0.1, 0.15) is 13.8 Å². The van der Waals surface area contributed by atoms with Crippen LogP contribution >= 0.6 is 0 Å². The molecule has 0 atom stereocenters. The Bertz CT molecular complexity index is 106. The van der Waals surface area contributed by atoms with Gasteiger partial charge in [0.25, 0.3) is 0 Å². The second-order valence-electron chi connectivity index (χ2n) is 1.38. The Labute approximate surface area is 50.4 Å². The SMILES string of the molecule is C=C(/C=C\C)N=CC. The van der Waals surface area contributed by atoms with Gasteiger partial charge in [0.1, 0.15) is 0 Å². The van der Waals surface area contributed by atoms with Crippen LogP contribution in [0.2, 0.25) is 0 Å². The molecule has 1 heteroatoms. The number of hydrogen-bond acceptors (Lipinski definition) is 1. The molecule has 0 bridgehead atoms. The molecule has 0 amide bonds. The van der Waals surface area contributed by atoms with Crippen LogP contribution in [0.15, 0.2) is 29.4 Å². The second-order valence-corrected chi connectivity index (χ2v) is 1.38. The summed E-state index contributed by atoms with van der Waals surface area (Å²) in [6.45, 7) is 7.46. The molecule has 0 heterocycles. The lowest BCUT2D eigenvalue weighted by Gasteiger charge is -1.82. The van der Waals surface area contributed by atoms with Crippen LogP contribution in [0.3, 0.4) is 0 Å². The van der Waals surface area contributed by atoms with E-state index in [1.807, 2.05) is 26.0 Å². The highest BCUT2D eigenvalue weighted by molar-refractivity contribution is 5.55. The molecule has 1 nitrogen and oxygen atoms in total. The van der Waals surface area contributed by atoms with Gasteiger partial charge in [0.2, 0.25) is 0 Å². The van der Waals surface area contributed by atoms with Crippen LogP contribution in [-0.4, -0.2) is 6.21 Å². The number of allylic oxidation sites excluding steroid dienone is 2. The van der Waals surface area contributed by atoms with Crippen molar-refractivity contribution < 1.29 is 0 Å². The maximum absolute atomic E-state index is 3.91. The first-order valence-corrected chi connectivity index (χ1v) is 2.61. The first-order chi connectivity index (χ1) is 3.81. The summed E-state index contributed by atoms with van der Waals surface area (Å²) in [5.74, 6) is 0. The maximum Gasteiger partial charge on any atom is 0.0550 e. The minimum absolute atomic E-state index is 0.801. The highest BCUT2D eigenvalue weighted by Gasteiger charge is 1.72. The molecule has 0 aliphatic heterocycles. The van der Waals surface area contributed by atoms with Crippen molar-refractivity contribution >= 4 is 6.21 Å². The van der Waals surface area contributed by atoms with Crippen molar-refractivity contribution in [3.05, 3.63) is 24.4 Å². The number of rotatable bonds is 2. The molecule has 0 saturated carbocycles. The van der Waals surface area contributed by atoms with E-state index in [1.54, 1.807) is 6.21 Å². The van der Waals surface area contributed by atoms with E-state index in [-0.39, 0.29) is 0 Å². The van der Waals surface area contributed by atoms with Gasteiger partial charge in [-0.25, -0.2) is 0 Å². The summed E-state index contributed by atoms with van der Waals surface area (Å²) >= 11 is 0. The van der Waals surface area contributed by atoms with Crippen molar-refractivity contribution in [2.75, 3.05) is 0 Å². The van der Waals surface area contributed by atoms with Crippen LogP contribution in [0.25, 0.3) is 0 Å². The predicted octanol–water partition coefficient (Wildman–Crippen LogP) is 2.17. The summed E-state index contributed by atoms with van der Waals surface area (Å²) in [4.78, 5) is 3.91. The summed E-state index contributed by atoms with van der Waals surface area (Å²) in [5, 5.41) is 0. The van der Waals surface area contributed by atoms with Gasteiger partial charge < -0.3 is 0 Å². The number of aliphatic imine (C=N–C) groups is 1. The molecule has 0 radical (unpaired) electrons. The van der Waals surface area contributed by atoms with Gasteiger partial charge in [-0.3, -0.25) is 4.99 Å². The molecule has 0 rings (SSSR count). The first kappa shape index (κ1) is 7.15. The number of hydrogen-bond donors (Lipinski definition) is 0. The Morgan fingerprint density at radius 1 is 1.50 bits per heavy atom. The summed E-state index contributed by atoms with van der Waals surface area (Å²) in [7, 11) is 0. The van der Waals surface area contributed by atoms with Crippen molar-refractivity contribution in [3.8, 4) is 0 Å². The van der Waals surface area contributed by atoms with E-state index >= 15 is 0 Å². The molecule has 0 aromatic heterocycles. The highest BCUT2D eigenvalue weighted by Crippen LogP contribution is 1.91. The zero-order valence-electron chi connectivity index (χ0n) is 5.39. The molecular formula is C7H11N. The van der Waals surface area contributed by atoms with Gasteiger partial charge in [-0.05, 0) is 19.9 Å². The third kappa shape index (κ3) is 3.34. The van der Waals surface area contributed by atoms with Gasteiger partial charge in [0.05, 0.1) is 5.70 Å². The van der Waals surface area contributed by atoms with Gasteiger partial charge in [-0.1, -0.05) is 12.7 Å². The van der Waals surface area contributed by atoms with Gasteiger partial charge in [0.15, 0.2) is 0 Å². The van der Waals surface area contributed by atoms with E-state index in [0.717, 1.165) is 5.70 Å². The van der Waals surface area contributed by atoms with Gasteiger partial charge in [0, 0.05) is 6.21 Å². The van der Waals surface area contributed by atoms with E-state index in [1.165, 1.54) is 0 Å². The lowest BCUT2D eigenvalue weighted by molar-refractivity contribution is 1.43. The molecule has 0 aliphatic rings. The van der Waals surface area contributed by atoms with Crippen molar-refractivity contribution in [3.63, 3.8) is 0 Å². The summed E-state index contributed by atoms with van der Waals surface area (Å²) in [6, 6.07) is 0. The van der Waals surface area contributed by atoms with E-state index in [2.05, 4.69) is 11.6 Å². The first-order valence-electron chi connectivity index (χ1n) is 2.61. The third-order valence-corrected chi connectivity index (χ3v) is 0.654. The van der Waals surface area contributed by atoms with Crippen molar-refractivity contribution in [2.24, 2.45) is 4.99 Å². The molecule has 0 aromatic rings. The Morgan fingerprint density at radius 2 is 2.12 bits per heavy atom. The van der Waals surface area contributed by atoms with Crippen LogP contribution < -0.4 is 0 Å². The van der Waals surface area contributed by atoms with Gasteiger partial charge in [-0.15, -0.1) is 0 Å². The lowest BCUT2D eigenvalue weighted by atomic mass is 10.4. The van der Waals surface area contributed by atoms with Crippen molar-refractivity contribution in [1.29, 1.82) is 0 Å². The minimum atomic E-state index is 0.801. The van der Waals surface area contributed by atoms with Gasteiger partial charge >= 0.3 is 0 Å². The molecule has 0 N–H and O–H groups in total. The Hall–Kier alpha value is -0.850. The normalized spacial score (nSPS) is 11.2.